The first kappa shape index (κ1) is 25.6. The Balaban J connectivity index is 1.39. The lowest BCUT2D eigenvalue weighted by Gasteiger charge is -2.32. The first-order chi connectivity index (χ1) is 17.8. The van der Waals surface area contributed by atoms with E-state index in [1.54, 1.807) is 24.1 Å². The molecule has 37 heavy (non-hydrogen) atoms. The van der Waals surface area contributed by atoms with Crippen LogP contribution < -0.4 is 10.1 Å². The highest BCUT2D eigenvalue weighted by atomic mass is 35.5. The highest BCUT2D eigenvalue weighted by Crippen LogP contribution is 2.47. The second-order valence-corrected chi connectivity index (χ2v) is 11.3. The van der Waals surface area contributed by atoms with Crippen LogP contribution in [0.15, 0.2) is 18.2 Å². The molecule has 3 aliphatic rings. The van der Waals surface area contributed by atoms with E-state index in [2.05, 4.69) is 16.4 Å². The molecule has 1 aromatic heterocycles. The van der Waals surface area contributed by atoms with Crippen LogP contribution >= 0.6 is 11.6 Å². The Hall–Kier alpha value is -3.05. The smallest absolute Gasteiger partial charge is 0.271 e. The lowest BCUT2D eigenvalue weighted by Crippen LogP contribution is -2.49. The number of carbonyl (C=O) groups excluding carboxylic acids is 3. The molecule has 1 spiro atoms. The van der Waals surface area contributed by atoms with Gasteiger partial charge in [-0.2, -0.15) is 5.26 Å². The molecule has 8 nitrogen and oxygen atoms in total. The van der Waals surface area contributed by atoms with Gasteiger partial charge in [0.1, 0.15) is 29.3 Å². The summed E-state index contributed by atoms with van der Waals surface area (Å²) in [6.45, 7) is 0.509. The minimum Gasteiger partial charge on any atom is -0.495 e. The van der Waals surface area contributed by atoms with E-state index in [0.717, 1.165) is 38.5 Å². The van der Waals surface area contributed by atoms with Gasteiger partial charge in [-0.25, -0.2) is 0 Å². The number of likely N-dealkylation sites (tertiary alicyclic amines) is 1. The molecule has 3 atom stereocenters. The number of halogens is 1. The number of hydrogen-bond acceptors (Lipinski definition) is 5. The van der Waals surface area contributed by atoms with Crippen molar-refractivity contribution in [2.45, 2.75) is 76.3 Å². The molecule has 2 N–H and O–H groups in total. The molecule has 1 unspecified atom stereocenters. The van der Waals surface area contributed by atoms with Crippen molar-refractivity contribution in [3.63, 3.8) is 0 Å². The number of H-pyrrole nitrogens is 1. The summed E-state index contributed by atoms with van der Waals surface area (Å²) in [5.41, 5.74) is 0.989. The highest BCUT2D eigenvalue weighted by molar-refractivity contribution is 6.37. The lowest BCUT2D eigenvalue weighted by atomic mass is 9.72. The molecule has 5 rings (SSSR count). The molecule has 1 saturated heterocycles. The molecular formula is C28H33ClN4O4. The second-order valence-electron chi connectivity index (χ2n) is 10.9. The Morgan fingerprint density at radius 3 is 2.76 bits per heavy atom. The van der Waals surface area contributed by atoms with Crippen LogP contribution in [0.4, 0.5) is 0 Å². The number of methoxy groups -OCH3 is 1. The number of aromatic amines is 1. The van der Waals surface area contributed by atoms with Crippen molar-refractivity contribution in [1.82, 2.24) is 15.2 Å². The number of hydrogen-bond donors (Lipinski definition) is 2. The number of nitrogens with zero attached hydrogens (tertiary/aromatic N) is 2. The molecule has 2 aromatic rings. The van der Waals surface area contributed by atoms with Gasteiger partial charge in [0, 0.05) is 29.8 Å². The van der Waals surface area contributed by atoms with Gasteiger partial charge in [-0.15, -0.1) is 0 Å². The van der Waals surface area contributed by atoms with E-state index in [1.807, 2.05) is 6.07 Å². The van der Waals surface area contributed by atoms with Crippen LogP contribution in [0, 0.1) is 22.7 Å². The third-order valence-corrected chi connectivity index (χ3v) is 8.95. The van der Waals surface area contributed by atoms with Gasteiger partial charge in [0.25, 0.3) is 5.91 Å². The Kier molecular flexibility index (Phi) is 7.17. The largest absolute Gasteiger partial charge is 0.495 e. The molecular weight excluding hydrogens is 492 g/mol. The van der Waals surface area contributed by atoms with E-state index in [-0.39, 0.29) is 28.9 Å². The lowest BCUT2D eigenvalue weighted by molar-refractivity contribution is -0.126. The molecule has 2 heterocycles. The maximum absolute atomic E-state index is 13.8. The van der Waals surface area contributed by atoms with Crippen LogP contribution in [0.3, 0.4) is 0 Å². The van der Waals surface area contributed by atoms with Gasteiger partial charge in [0.05, 0.1) is 18.2 Å². The zero-order valence-electron chi connectivity index (χ0n) is 21.1. The summed E-state index contributed by atoms with van der Waals surface area (Å²) in [5.74, 6) is -0.0570. The van der Waals surface area contributed by atoms with Gasteiger partial charge in [0.15, 0.2) is 0 Å². The molecule has 0 bridgehead atoms. The van der Waals surface area contributed by atoms with Gasteiger partial charge >= 0.3 is 0 Å². The molecule has 9 heteroatoms. The predicted molar refractivity (Wildman–Crippen MR) is 139 cm³/mol. The molecule has 196 valence electrons. The highest BCUT2D eigenvalue weighted by Gasteiger charge is 2.49. The van der Waals surface area contributed by atoms with E-state index < -0.39 is 12.1 Å². The van der Waals surface area contributed by atoms with Gasteiger partial charge in [-0.1, -0.05) is 30.9 Å². The van der Waals surface area contributed by atoms with Crippen LogP contribution in [0.5, 0.6) is 5.75 Å². The summed E-state index contributed by atoms with van der Waals surface area (Å²) in [6.07, 6.45) is 8.36. The summed E-state index contributed by atoms with van der Waals surface area (Å²) < 4.78 is 5.31. The van der Waals surface area contributed by atoms with Gasteiger partial charge in [-0.3, -0.25) is 14.4 Å². The van der Waals surface area contributed by atoms with Crippen molar-refractivity contribution in [3.05, 3.63) is 28.9 Å². The predicted octanol–water partition coefficient (Wildman–Crippen LogP) is 4.76. The molecule has 0 radical (unpaired) electrons. The average molecular weight is 525 g/mol. The quantitative estimate of drug-likeness (QED) is 0.565. The summed E-state index contributed by atoms with van der Waals surface area (Å²) in [6, 6.07) is 6.02. The maximum Gasteiger partial charge on any atom is 0.271 e. The second kappa shape index (κ2) is 10.4. The van der Waals surface area contributed by atoms with Gasteiger partial charge in [-0.05, 0) is 62.1 Å². The van der Waals surface area contributed by atoms with E-state index >= 15 is 0 Å². The Bertz CT molecular complexity index is 1260. The Morgan fingerprint density at radius 1 is 1.30 bits per heavy atom. The number of rotatable bonds is 6. The summed E-state index contributed by atoms with van der Waals surface area (Å²) in [5, 5.41) is 13.7. The zero-order chi connectivity index (χ0) is 26.2. The number of amides is 2. The van der Waals surface area contributed by atoms with Gasteiger partial charge in [0.2, 0.25) is 5.91 Å². The maximum atomic E-state index is 13.8. The number of fused-ring (bicyclic) bond motifs is 1. The summed E-state index contributed by atoms with van der Waals surface area (Å²) in [4.78, 5) is 44.3. The molecule has 3 fully saturated rings. The van der Waals surface area contributed by atoms with E-state index in [9.17, 15) is 19.6 Å². The fourth-order valence-electron chi connectivity index (χ4n) is 6.58. The number of nitrogens with one attached hydrogen (secondary N) is 2. The normalized spacial score (nSPS) is 23.8. The van der Waals surface area contributed by atoms with Crippen LogP contribution in [0.2, 0.25) is 5.02 Å². The van der Waals surface area contributed by atoms with Crippen molar-refractivity contribution in [3.8, 4) is 11.8 Å². The van der Waals surface area contributed by atoms with Crippen LogP contribution in [-0.4, -0.2) is 53.2 Å². The molecule has 1 aromatic carbocycles. The minimum atomic E-state index is -0.751. The van der Waals surface area contributed by atoms with Crippen molar-refractivity contribution in [2.24, 2.45) is 11.3 Å². The topological polar surface area (TPSA) is 115 Å². The standard InChI is InChI=1S/C28H33ClN4O4/c1-37-24-9-8-20-19(25(24)29)13-21(32-20)27(36)33-16-28(10-3-2-4-11-28)14-22(33)26(35)31-18(15-30)12-17-6-5-7-23(17)34/h8-9,13,17-18,22,32H,2-7,10-12,14,16H2,1H3,(H,31,35)/t17-,18-,22?/m0/s1. The van der Waals surface area contributed by atoms with Crippen molar-refractivity contribution in [1.29, 1.82) is 5.26 Å². The molecule has 2 amide bonds. The molecule has 2 aliphatic carbocycles. The van der Waals surface area contributed by atoms with Crippen molar-refractivity contribution in [2.75, 3.05) is 13.7 Å². The van der Waals surface area contributed by atoms with Crippen molar-refractivity contribution >= 4 is 40.1 Å². The first-order valence-corrected chi connectivity index (χ1v) is 13.6. The molecule has 2 saturated carbocycles. The van der Waals surface area contributed by atoms with Crippen LogP contribution in [0.1, 0.15) is 74.7 Å². The summed E-state index contributed by atoms with van der Waals surface area (Å²) >= 11 is 6.48. The third kappa shape index (κ3) is 4.94. The minimum absolute atomic E-state index is 0.0909. The fraction of sp³-hybridized carbons (Fsp3) is 0.571. The number of aromatic nitrogens is 1. The number of benzene rings is 1. The van der Waals surface area contributed by atoms with Crippen LogP contribution in [0.25, 0.3) is 10.9 Å². The average Bonchev–Trinajstić information content (AvgIpc) is 3.62. The number of ketones is 1. The van der Waals surface area contributed by atoms with Crippen molar-refractivity contribution < 1.29 is 19.1 Å². The monoisotopic (exact) mass is 524 g/mol. The molecule has 1 aliphatic heterocycles. The third-order valence-electron chi connectivity index (χ3n) is 8.56. The van der Waals surface area contributed by atoms with Crippen LogP contribution in [-0.2, 0) is 9.59 Å². The summed E-state index contributed by atoms with van der Waals surface area (Å²) in [7, 11) is 1.54. The number of Topliss-reactive ketones (excluding diaryl/α,β-unsaturated/α-hetero) is 1. The fourth-order valence-corrected chi connectivity index (χ4v) is 6.87. The zero-order valence-corrected chi connectivity index (χ0v) is 21.9. The number of ether oxygens (including phenoxy) is 1. The Labute approximate surface area is 221 Å². The van der Waals surface area contributed by atoms with E-state index in [1.165, 1.54) is 6.42 Å². The number of nitriles is 1. The van der Waals surface area contributed by atoms with E-state index in [0.29, 0.717) is 53.2 Å². The van der Waals surface area contributed by atoms with E-state index in [4.69, 9.17) is 16.3 Å². The first-order valence-electron chi connectivity index (χ1n) is 13.2. The van der Waals surface area contributed by atoms with Gasteiger partial charge < -0.3 is 19.9 Å². The SMILES string of the molecule is COc1ccc2[nH]c(C(=O)N3CC4(CCCCC4)CC3C(=O)N[C@H](C#N)C[C@@H]3CCCC3=O)cc2c1Cl. The number of carbonyl (C=O) groups is 3. The Morgan fingerprint density at radius 2 is 2.08 bits per heavy atom.